The molecule has 23 heavy (non-hydrogen) atoms. The second-order valence-corrected chi connectivity index (χ2v) is 6.95. The van der Waals surface area contributed by atoms with Crippen molar-refractivity contribution in [3.8, 4) is 11.1 Å². The number of nitrogens with one attached hydrogen (secondary N) is 2. The third kappa shape index (κ3) is 2.94. The number of anilines is 1. The molecule has 0 unspecified atom stereocenters. The fraction of sp³-hybridized carbons (Fsp3) is 0.222. The van der Waals surface area contributed by atoms with E-state index in [-0.39, 0.29) is 5.41 Å². The number of fused-ring (bicyclic) bond motifs is 1. The van der Waals surface area contributed by atoms with Gasteiger partial charge in [0.25, 0.3) is 0 Å². The van der Waals surface area contributed by atoms with E-state index in [0.717, 1.165) is 22.0 Å². The number of hydrogen-bond acceptors (Lipinski definition) is 2. The molecule has 118 valence electrons. The van der Waals surface area contributed by atoms with E-state index in [9.17, 15) is 4.79 Å². The van der Waals surface area contributed by atoms with Crippen LogP contribution in [-0.2, 0) is 10.2 Å². The zero-order valence-electron chi connectivity index (χ0n) is 13.3. The number of carbonyl (C=O) groups excluding carboxylic acids is 1. The zero-order chi connectivity index (χ0) is 16.6. The summed E-state index contributed by atoms with van der Waals surface area (Å²) in [6.45, 7) is 6.52. The maximum atomic E-state index is 10.7. The van der Waals surface area contributed by atoms with Crippen LogP contribution >= 0.6 is 11.6 Å². The lowest BCUT2D eigenvalue weighted by atomic mass is 9.85. The van der Waals surface area contributed by atoms with Crippen molar-refractivity contribution in [2.75, 3.05) is 5.32 Å². The van der Waals surface area contributed by atoms with Gasteiger partial charge in [0.05, 0.1) is 5.52 Å². The fourth-order valence-electron chi connectivity index (χ4n) is 2.56. The highest BCUT2D eigenvalue weighted by atomic mass is 35.5. The number of halogens is 1. The number of benzene rings is 2. The minimum atomic E-state index is 0.0450. The first-order valence-corrected chi connectivity index (χ1v) is 7.76. The van der Waals surface area contributed by atoms with Gasteiger partial charge >= 0.3 is 0 Å². The van der Waals surface area contributed by atoms with Crippen molar-refractivity contribution in [2.45, 2.75) is 26.2 Å². The molecule has 0 aliphatic carbocycles. The van der Waals surface area contributed by atoms with Gasteiger partial charge in [-0.25, -0.2) is 0 Å². The average molecular weight is 328 g/mol. The third-order valence-corrected chi connectivity index (χ3v) is 4.23. The molecule has 0 aliphatic heterocycles. The Morgan fingerprint density at radius 1 is 1.17 bits per heavy atom. The SMILES string of the molecule is CC(C)(C)c1ccc(Cl)c(-c2ccc3[nH]nc(NC=O)c3c2)c1. The molecule has 1 amide bonds. The molecule has 2 aromatic carbocycles. The molecule has 0 fully saturated rings. The van der Waals surface area contributed by atoms with Gasteiger partial charge in [0.15, 0.2) is 5.82 Å². The lowest BCUT2D eigenvalue weighted by molar-refractivity contribution is -0.105. The smallest absolute Gasteiger partial charge is 0.212 e. The Kier molecular flexibility index (Phi) is 3.86. The molecule has 5 heteroatoms. The van der Waals surface area contributed by atoms with Crippen LogP contribution in [0.4, 0.5) is 5.82 Å². The lowest BCUT2D eigenvalue weighted by Crippen LogP contribution is -2.10. The number of carbonyl (C=O) groups is 1. The highest BCUT2D eigenvalue weighted by Gasteiger charge is 2.16. The van der Waals surface area contributed by atoms with Crippen molar-refractivity contribution in [1.29, 1.82) is 0 Å². The Hall–Kier alpha value is -2.33. The summed E-state index contributed by atoms with van der Waals surface area (Å²) in [4.78, 5) is 10.7. The Labute approximate surface area is 139 Å². The standard InChI is InChI=1S/C18H18ClN3O/c1-18(2,3)12-5-6-15(19)13(9-12)11-4-7-16-14(8-11)17(20-10-23)22-21-16/h4-10H,1-3H3,(H2,20,21,22,23). The first kappa shape index (κ1) is 15.6. The van der Waals surface area contributed by atoms with Gasteiger partial charge in [0.1, 0.15) is 0 Å². The highest BCUT2D eigenvalue weighted by molar-refractivity contribution is 6.33. The first-order chi connectivity index (χ1) is 10.9. The van der Waals surface area contributed by atoms with Crippen molar-refractivity contribution in [3.05, 3.63) is 47.0 Å². The summed E-state index contributed by atoms with van der Waals surface area (Å²) in [6.07, 6.45) is 0.621. The molecular formula is C18H18ClN3O. The summed E-state index contributed by atoms with van der Waals surface area (Å²) in [5.41, 5.74) is 4.09. The van der Waals surface area contributed by atoms with Crippen LogP contribution in [0.1, 0.15) is 26.3 Å². The molecule has 0 atom stereocenters. The maximum Gasteiger partial charge on any atom is 0.212 e. The molecule has 3 aromatic rings. The van der Waals surface area contributed by atoms with Gasteiger partial charge in [-0.15, -0.1) is 0 Å². The normalized spacial score (nSPS) is 11.7. The highest BCUT2D eigenvalue weighted by Crippen LogP contribution is 2.35. The van der Waals surface area contributed by atoms with Crippen LogP contribution in [0.5, 0.6) is 0 Å². The van der Waals surface area contributed by atoms with Gasteiger partial charge in [-0.05, 0) is 40.8 Å². The predicted octanol–water partition coefficient (Wildman–Crippen LogP) is 4.75. The molecule has 2 N–H and O–H groups in total. The van der Waals surface area contributed by atoms with Crippen molar-refractivity contribution in [3.63, 3.8) is 0 Å². The summed E-state index contributed by atoms with van der Waals surface area (Å²) in [5.74, 6) is 0.514. The molecule has 0 bridgehead atoms. The van der Waals surface area contributed by atoms with E-state index < -0.39 is 0 Å². The molecule has 1 heterocycles. The monoisotopic (exact) mass is 327 g/mol. The summed E-state index contributed by atoms with van der Waals surface area (Å²) in [5, 5.41) is 11.2. The van der Waals surface area contributed by atoms with Crippen molar-refractivity contribution in [2.24, 2.45) is 0 Å². The molecule has 0 spiro atoms. The topological polar surface area (TPSA) is 57.8 Å². The minimum Gasteiger partial charge on any atom is -0.311 e. The minimum absolute atomic E-state index is 0.0450. The summed E-state index contributed by atoms with van der Waals surface area (Å²) < 4.78 is 0. The number of rotatable bonds is 3. The van der Waals surface area contributed by atoms with Crippen LogP contribution in [0, 0.1) is 0 Å². The Morgan fingerprint density at radius 3 is 2.65 bits per heavy atom. The molecule has 0 radical (unpaired) electrons. The molecule has 0 saturated heterocycles. The van der Waals surface area contributed by atoms with Gasteiger partial charge < -0.3 is 5.32 Å². The Balaban J connectivity index is 2.16. The fourth-order valence-corrected chi connectivity index (χ4v) is 2.79. The maximum absolute atomic E-state index is 10.7. The number of aromatic amines is 1. The second kappa shape index (κ2) is 5.70. The summed E-state index contributed by atoms with van der Waals surface area (Å²) in [7, 11) is 0. The van der Waals surface area contributed by atoms with Gasteiger partial charge in [-0.1, -0.05) is 44.5 Å². The van der Waals surface area contributed by atoms with Crippen LogP contribution in [-0.4, -0.2) is 16.6 Å². The van der Waals surface area contributed by atoms with E-state index in [1.807, 2.05) is 24.3 Å². The van der Waals surface area contributed by atoms with E-state index >= 15 is 0 Å². The largest absolute Gasteiger partial charge is 0.311 e. The van der Waals surface area contributed by atoms with Gasteiger partial charge in [-0.3, -0.25) is 9.89 Å². The van der Waals surface area contributed by atoms with E-state index in [0.29, 0.717) is 17.3 Å². The first-order valence-electron chi connectivity index (χ1n) is 7.39. The van der Waals surface area contributed by atoms with Crippen LogP contribution in [0.25, 0.3) is 22.0 Å². The van der Waals surface area contributed by atoms with Crippen LogP contribution in [0.2, 0.25) is 5.02 Å². The van der Waals surface area contributed by atoms with Crippen LogP contribution < -0.4 is 5.32 Å². The predicted molar refractivity (Wildman–Crippen MR) is 94.9 cm³/mol. The van der Waals surface area contributed by atoms with Crippen molar-refractivity contribution < 1.29 is 4.79 Å². The molecule has 3 rings (SSSR count). The molecule has 1 aromatic heterocycles. The number of nitrogens with zero attached hydrogens (tertiary/aromatic N) is 1. The van der Waals surface area contributed by atoms with Crippen molar-refractivity contribution in [1.82, 2.24) is 10.2 Å². The summed E-state index contributed by atoms with van der Waals surface area (Å²) in [6, 6.07) is 12.0. The average Bonchev–Trinajstić information content (AvgIpc) is 2.89. The second-order valence-electron chi connectivity index (χ2n) is 6.54. The van der Waals surface area contributed by atoms with E-state index in [4.69, 9.17) is 11.6 Å². The van der Waals surface area contributed by atoms with Crippen molar-refractivity contribution >= 4 is 34.7 Å². The van der Waals surface area contributed by atoms with Gasteiger partial charge in [0, 0.05) is 16.0 Å². The zero-order valence-corrected chi connectivity index (χ0v) is 14.0. The Bertz CT molecular complexity index is 878. The lowest BCUT2D eigenvalue weighted by Gasteiger charge is -2.20. The van der Waals surface area contributed by atoms with Crippen LogP contribution in [0.15, 0.2) is 36.4 Å². The number of hydrogen-bond donors (Lipinski definition) is 2. The quantitative estimate of drug-likeness (QED) is 0.682. The van der Waals surface area contributed by atoms with E-state index in [1.54, 1.807) is 0 Å². The number of H-pyrrole nitrogens is 1. The molecular weight excluding hydrogens is 310 g/mol. The molecule has 4 nitrogen and oxygen atoms in total. The molecule has 0 saturated carbocycles. The van der Waals surface area contributed by atoms with Gasteiger partial charge in [-0.2, -0.15) is 5.10 Å². The summed E-state index contributed by atoms with van der Waals surface area (Å²) >= 11 is 6.41. The number of amides is 1. The molecule has 0 aliphatic rings. The third-order valence-electron chi connectivity index (χ3n) is 3.90. The number of aromatic nitrogens is 2. The van der Waals surface area contributed by atoms with Crippen LogP contribution in [0.3, 0.4) is 0 Å². The van der Waals surface area contributed by atoms with E-state index in [1.165, 1.54) is 5.56 Å². The van der Waals surface area contributed by atoms with Gasteiger partial charge in [0.2, 0.25) is 6.41 Å². The van der Waals surface area contributed by atoms with E-state index in [2.05, 4.69) is 48.4 Å². The Morgan fingerprint density at radius 2 is 1.96 bits per heavy atom.